The van der Waals surface area contributed by atoms with Crippen LogP contribution in [-0.4, -0.2) is 24.2 Å². The van der Waals surface area contributed by atoms with E-state index < -0.39 is 17.1 Å². The number of nitrogens with one attached hydrogen (secondary N) is 2. The number of aromatic nitrogens is 2. The van der Waals surface area contributed by atoms with E-state index in [1.54, 1.807) is 30.3 Å². The van der Waals surface area contributed by atoms with Crippen molar-refractivity contribution in [1.29, 1.82) is 0 Å². The quantitative estimate of drug-likeness (QED) is 0.381. The van der Waals surface area contributed by atoms with Gasteiger partial charge in [0.1, 0.15) is 11.4 Å². The third-order valence-electron chi connectivity index (χ3n) is 5.38. The Morgan fingerprint density at radius 1 is 1.03 bits per heavy atom. The Hall–Kier alpha value is -4.27. The van der Waals surface area contributed by atoms with Gasteiger partial charge in [-0.25, -0.2) is 4.79 Å². The Kier molecular flexibility index (Phi) is 4.18. The van der Waals surface area contributed by atoms with E-state index in [-0.39, 0.29) is 17.3 Å². The lowest BCUT2D eigenvalue weighted by Crippen LogP contribution is -2.30. The van der Waals surface area contributed by atoms with Crippen molar-refractivity contribution in [2.75, 3.05) is 25.3 Å². The van der Waals surface area contributed by atoms with E-state index in [2.05, 4.69) is 15.3 Å². The summed E-state index contributed by atoms with van der Waals surface area (Å²) >= 11 is 0. The van der Waals surface area contributed by atoms with Crippen LogP contribution in [0.15, 0.2) is 56.5 Å². The fraction of sp³-hybridized carbons (Fsp3) is 0.136. The smallest absolute Gasteiger partial charge is 0.342 e. The molecule has 156 valence electrons. The summed E-state index contributed by atoms with van der Waals surface area (Å²) < 4.78 is 16.3. The number of para-hydroxylation sites is 1. The average Bonchev–Trinajstić information content (AvgIpc) is 2.77. The van der Waals surface area contributed by atoms with Gasteiger partial charge in [-0.1, -0.05) is 18.2 Å². The third-order valence-corrected chi connectivity index (χ3v) is 5.38. The number of hydrogen-bond acceptors (Lipinski definition) is 8. The van der Waals surface area contributed by atoms with Gasteiger partial charge in [0.15, 0.2) is 11.5 Å². The van der Waals surface area contributed by atoms with Crippen LogP contribution < -0.4 is 31.7 Å². The summed E-state index contributed by atoms with van der Waals surface area (Å²) in [6.45, 7) is 0. The summed E-state index contributed by atoms with van der Waals surface area (Å²) in [7, 11) is 3.05. The molecule has 5 rings (SSSR count). The average molecular weight is 418 g/mol. The molecule has 9 heteroatoms. The van der Waals surface area contributed by atoms with E-state index in [0.29, 0.717) is 39.3 Å². The number of rotatable bonds is 3. The topological polar surface area (TPSA) is 132 Å². The molecule has 4 N–H and O–H groups in total. The van der Waals surface area contributed by atoms with Crippen LogP contribution in [0.5, 0.6) is 11.5 Å². The van der Waals surface area contributed by atoms with Crippen LogP contribution in [0, 0.1) is 0 Å². The molecule has 1 atom stereocenters. The molecule has 0 saturated heterocycles. The minimum absolute atomic E-state index is 0.0296. The van der Waals surface area contributed by atoms with E-state index in [9.17, 15) is 9.59 Å². The van der Waals surface area contributed by atoms with Crippen molar-refractivity contribution in [1.82, 2.24) is 9.97 Å². The van der Waals surface area contributed by atoms with Gasteiger partial charge >= 0.3 is 5.63 Å². The van der Waals surface area contributed by atoms with E-state index in [1.165, 1.54) is 14.2 Å². The number of anilines is 3. The molecule has 1 unspecified atom stereocenters. The molecular formula is C22H18N4O5. The summed E-state index contributed by atoms with van der Waals surface area (Å²) in [6.07, 6.45) is 0. The fourth-order valence-corrected chi connectivity index (χ4v) is 4.05. The molecule has 0 saturated carbocycles. The monoisotopic (exact) mass is 418 g/mol. The molecule has 2 aromatic carbocycles. The molecule has 0 fully saturated rings. The normalized spacial score (nSPS) is 14.5. The molecule has 0 spiro atoms. The standard InChI is InChI=1S/C22H18N4O5/c1-29-13-8-7-10(9-14(13)30-2)15-16-18(11-5-3-4-6-12(11)31-21(16)28)24-19-17(15)20(27)26-22(23)25-19/h3-9,15H,1-2H3,(H4,23,24,25,26,27). The first kappa shape index (κ1) is 18.7. The maximum Gasteiger partial charge on any atom is 0.342 e. The molecular weight excluding hydrogens is 400 g/mol. The number of methoxy groups -OCH3 is 2. The first-order valence-electron chi connectivity index (χ1n) is 9.46. The molecule has 0 radical (unpaired) electrons. The number of ether oxygens (including phenoxy) is 2. The Bertz CT molecular complexity index is 1460. The Morgan fingerprint density at radius 3 is 2.58 bits per heavy atom. The predicted octanol–water partition coefficient (Wildman–Crippen LogP) is 2.71. The molecule has 1 aliphatic rings. The highest BCUT2D eigenvalue weighted by Crippen LogP contribution is 2.45. The van der Waals surface area contributed by atoms with Gasteiger partial charge in [0.05, 0.1) is 37.0 Å². The van der Waals surface area contributed by atoms with Gasteiger partial charge in [-0.15, -0.1) is 0 Å². The Morgan fingerprint density at radius 2 is 1.81 bits per heavy atom. The summed E-state index contributed by atoms with van der Waals surface area (Å²) in [6, 6.07) is 12.4. The fourth-order valence-electron chi connectivity index (χ4n) is 4.05. The van der Waals surface area contributed by atoms with Crippen molar-refractivity contribution in [3.8, 4) is 11.5 Å². The predicted molar refractivity (Wildman–Crippen MR) is 116 cm³/mol. The molecule has 1 aliphatic heterocycles. The number of benzene rings is 2. The Balaban J connectivity index is 1.88. The zero-order valence-electron chi connectivity index (χ0n) is 16.7. The molecule has 9 nitrogen and oxygen atoms in total. The van der Waals surface area contributed by atoms with Crippen LogP contribution in [0.3, 0.4) is 0 Å². The van der Waals surface area contributed by atoms with Crippen molar-refractivity contribution in [3.63, 3.8) is 0 Å². The molecule has 2 aromatic heterocycles. The summed E-state index contributed by atoms with van der Waals surface area (Å²) in [4.78, 5) is 32.8. The minimum Gasteiger partial charge on any atom is -0.493 e. The lowest BCUT2D eigenvalue weighted by molar-refractivity contribution is 0.354. The van der Waals surface area contributed by atoms with Crippen molar-refractivity contribution >= 4 is 28.4 Å². The van der Waals surface area contributed by atoms with Gasteiger partial charge in [-0.3, -0.25) is 9.78 Å². The SMILES string of the molecule is COc1ccc(C2c3c(nc(N)[nH]c3=O)Nc3c2c(=O)oc2ccccc32)cc1OC. The number of hydrogen-bond donors (Lipinski definition) is 3. The number of fused-ring (bicyclic) bond motifs is 4. The number of nitrogens with two attached hydrogens (primary N) is 1. The molecule has 4 aromatic rings. The van der Waals surface area contributed by atoms with Crippen LogP contribution in [-0.2, 0) is 0 Å². The van der Waals surface area contributed by atoms with Gasteiger partial charge in [-0.05, 0) is 29.8 Å². The maximum absolute atomic E-state index is 13.1. The zero-order chi connectivity index (χ0) is 21.7. The first-order chi connectivity index (χ1) is 15.0. The van der Waals surface area contributed by atoms with Gasteiger partial charge in [0.2, 0.25) is 5.95 Å². The highest BCUT2D eigenvalue weighted by Gasteiger charge is 2.35. The van der Waals surface area contributed by atoms with E-state index in [0.717, 1.165) is 0 Å². The summed E-state index contributed by atoms with van der Waals surface area (Å²) in [5, 5.41) is 3.82. The van der Waals surface area contributed by atoms with Crippen LogP contribution in [0.1, 0.15) is 22.6 Å². The largest absolute Gasteiger partial charge is 0.493 e. The third kappa shape index (κ3) is 2.82. The van der Waals surface area contributed by atoms with Crippen molar-refractivity contribution in [3.05, 3.63) is 79.9 Å². The highest BCUT2D eigenvalue weighted by atomic mass is 16.5. The lowest BCUT2D eigenvalue weighted by Gasteiger charge is -2.28. The van der Waals surface area contributed by atoms with Crippen molar-refractivity contribution < 1.29 is 13.9 Å². The number of nitrogens with zero attached hydrogens (tertiary/aromatic N) is 1. The summed E-state index contributed by atoms with van der Waals surface area (Å²) in [5.74, 6) is 0.480. The van der Waals surface area contributed by atoms with E-state index >= 15 is 0 Å². The van der Waals surface area contributed by atoms with E-state index in [4.69, 9.17) is 19.6 Å². The second-order valence-corrected chi connectivity index (χ2v) is 7.06. The number of nitrogen functional groups attached to an aromatic ring is 1. The molecule has 0 amide bonds. The van der Waals surface area contributed by atoms with E-state index in [1.807, 2.05) is 12.1 Å². The van der Waals surface area contributed by atoms with Crippen LogP contribution in [0.25, 0.3) is 11.0 Å². The maximum atomic E-state index is 13.1. The molecule has 0 bridgehead atoms. The number of aromatic amines is 1. The zero-order valence-corrected chi connectivity index (χ0v) is 16.7. The Labute approximate surface area is 175 Å². The lowest BCUT2D eigenvalue weighted by atomic mass is 9.82. The van der Waals surface area contributed by atoms with Crippen LogP contribution >= 0.6 is 0 Å². The first-order valence-corrected chi connectivity index (χ1v) is 9.46. The van der Waals surface area contributed by atoms with Gasteiger partial charge in [-0.2, -0.15) is 4.98 Å². The summed E-state index contributed by atoms with van der Waals surface area (Å²) in [5.41, 5.74) is 6.93. The van der Waals surface area contributed by atoms with Gasteiger partial charge in [0.25, 0.3) is 5.56 Å². The van der Waals surface area contributed by atoms with Crippen LogP contribution in [0.2, 0.25) is 0 Å². The highest BCUT2D eigenvalue weighted by molar-refractivity contribution is 5.95. The minimum atomic E-state index is -0.760. The molecule has 0 aliphatic carbocycles. The second kappa shape index (κ2) is 6.91. The van der Waals surface area contributed by atoms with Crippen LogP contribution in [0.4, 0.5) is 17.5 Å². The molecule has 31 heavy (non-hydrogen) atoms. The van der Waals surface area contributed by atoms with Crippen molar-refractivity contribution in [2.24, 2.45) is 0 Å². The van der Waals surface area contributed by atoms with Gasteiger partial charge < -0.3 is 24.9 Å². The second-order valence-electron chi connectivity index (χ2n) is 7.06. The molecule has 3 heterocycles. The van der Waals surface area contributed by atoms with Crippen molar-refractivity contribution in [2.45, 2.75) is 5.92 Å². The van der Waals surface area contributed by atoms with Gasteiger partial charge in [0, 0.05) is 5.39 Å². The number of H-pyrrole nitrogens is 1.